The molecule has 18 heavy (non-hydrogen) atoms. The molecule has 0 spiro atoms. The van der Waals surface area contributed by atoms with Gasteiger partial charge in [0.25, 0.3) is 0 Å². The maximum Gasteiger partial charge on any atom is 0.236 e. The van der Waals surface area contributed by atoms with E-state index in [4.69, 9.17) is 0 Å². The van der Waals surface area contributed by atoms with Crippen molar-refractivity contribution in [3.8, 4) is 0 Å². The molecule has 1 amide bonds. The molecule has 5 nitrogen and oxygen atoms in total. The number of aromatic amines is 1. The number of hydrogen-bond acceptors (Lipinski definition) is 4. The maximum absolute atomic E-state index is 12.4. The Morgan fingerprint density at radius 1 is 1.56 bits per heavy atom. The van der Waals surface area contributed by atoms with Gasteiger partial charge >= 0.3 is 0 Å². The van der Waals surface area contributed by atoms with Crippen LogP contribution >= 0.6 is 11.8 Å². The van der Waals surface area contributed by atoms with E-state index in [1.54, 1.807) is 0 Å². The maximum atomic E-state index is 12.4. The lowest BCUT2D eigenvalue weighted by Gasteiger charge is -2.35. The minimum Gasteiger partial charge on any atom is -0.341 e. The SMILES string of the molecule is CC(C)(C)CN1CCC[C@H](Sc2ncn[nH]2)C1=O. The zero-order chi connectivity index (χ0) is 13.2. The molecular weight excluding hydrogens is 248 g/mol. The van der Waals surface area contributed by atoms with Crippen LogP contribution in [0.4, 0.5) is 0 Å². The highest BCUT2D eigenvalue weighted by atomic mass is 32.2. The molecular formula is C12H20N4OS. The third kappa shape index (κ3) is 3.48. The molecule has 2 rings (SSSR count). The molecule has 1 atom stereocenters. The fraction of sp³-hybridized carbons (Fsp3) is 0.750. The number of nitrogens with one attached hydrogen (secondary N) is 1. The Labute approximate surface area is 112 Å². The molecule has 0 saturated carbocycles. The van der Waals surface area contributed by atoms with Crippen molar-refractivity contribution in [2.75, 3.05) is 13.1 Å². The van der Waals surface area contributed by atoms with Crippen LogP contribution in [0.1, 0.15) is 33.6 Å². The minimum absolute atomic E-state index is 0.0194. The van der Waals surface area contributed by atoms with Gasteiger partial charge in [0.1, 0.15) is 6.33 Å². The number of rotatable bonds is 3. The second-order valence-electron chi connectivity index (χ2n) is 5.86. The van der Waals surface area contributed by atoms with Gasteiger partial charge in [0.2, 0.25) is 5.91 Å². The standard InChI is InChI=1S/C12H20N4OS/c1-12(2,3)7-16-6-4-5-9(10(16)17)18-11-13-8-14-15-11/h8-9H,4-7H2,1-3H3,(H,13,14,15)/t9-/m0/s1. The highest BCUT2D eigenvalue weighted by Crippen LogP contribution is 2.29. The number of nitrogens with zero attached hydrogens (tertiary/aromatic N) is 3. The zero-order valence-corrected chi connectivity index (χ0v) is 12.0. The Bertz CT molecular complexity index is 399. The molecule has 0 aromatic carbocycles. The second kappa shape index (κ2) is 5.30. The zero-order valence-electron chi connectivity index (χ0n) is 11.1. The van der Waals surface area contributed by atoms with Crippen LogP contribution in [0.25, 0.3) is 0 Å². The van der Waals surface area contributed by atoms with Crippen molar-refractivity contribution < 1.29 is 4.79 Å². The average Bonchev–Trinajstić information content (AvgIpc) is 2.75. The average molecular weight is 268 g/mol. The van der Waals surface area contributed by atoms with E-state index in [1.807, 2.05) is 4.90 Å². The molecule has 0 bridgehead atoms. The Balaban J connectivity index is 1.98. The highest BCUT2D eigenvalue weighted by molar-refractivity contribution is 8.00. The summed E-state index contributed by atoms with van der Waals surface area (Å²) in [6.45, 7) is 8.18. The summed E-state index contributed by atoms with van der Waals surface area (Å²) < 4.78 is 0. The van der Waals surface area contributed by atoms with Crippen molar-refractivity contribution in [3.05, 3.63) is 6.33 Å². The van der Waals surface area contributed by atoms with Crippen LogP contribution in [0.3, 0.4) is 0 Å². The van der Waals surface area contributed by atoms with E-state index in [0.29, 0.717) is 0 Å². The third-order valence-corrected chi connectivity index (χ3v) is 3.94. The summed E-state index contributed by atoms with van der Waals surface area (Å²) in [5.41, 5.74) is 0.147. The van der Waals surface area contributed by atoms with Crippen molar-refractivity contribution in [2.24, 2.45) is 5.41 Å². The van der Waals surface area contributed by atoms with Gasteiger partial charge in [0.15, 0.2) is 5.16 Å². The molecule has 2 heterocycles. The van der Waals surface area contributed by atoms with Crippen molar-refractivity contribution in [3.63, 3.8) is 0 Å². The monoisotopic (exact) mass is 268 g/mol. The summed E-state index contributed by atoms with van der Waals surface area (Å²) in [6, 6.07) is 0. The first-order chi connectivity index (χ1) is 8.46. The van der Waals surface area contributed by atoms with Crippen LogP contribution in [-0.4, -0.2) is 44.3 Å². The largest absolute Gasteiger partial charge is 0.341 e. The number of likely N-dealkylation sites (tertiary alicyclic amines) is 1. The lowest BCUT2D eigenvalue weighted by Crippen LogP contribution is -2.46. The third-order valence-electron chi connectivity index (χ3n) is 2.79. The smallest absolute Gasteiger partial charge is 0.236 e. The number of carbonyl (C=O) groups excluding carboxylic acids is 1. The summed E-state index contributed by atoms with van der Waals surface area (Å²) >= 11 is 1.49. The van der Waals surface area contributed by atoms with E-state index in [0.717, 1.165) is 31.1 Å². The minimum atomic E-state index is -0.0194. The molecule has 1 aromatic rings. The summed E-state index contributed by atoms with van der Waals surface area (Å²) in [4.78, 5) is 18.4. The van der Waals surface area contributed by atoms with Crippen LogP contribution in [0, 0.1) is 5.41 Å². The van der Waals surface area contributed by atoms with Gasteiger partial charge in [-0.3, -0.25) is 9.89 Å². The predicted molar refractivity (Wildman–Crippen MR) is 71.3 cm³/mol. The van der Waals surface area contributed by atoms with Crippen LogP contribution in [0.5, 0.6) is 0 Å². The quantitative estimate of drug-likeness (QED) is 0.910. The Morgan fingerprint density at radius 3 is 2.94 bits per heavy atom. The Morgan fingerprint density at radius 2 is 2.33 bits per heavy atom. The van der Waals surface area contributed by atoms with E-state index in [1.165, 1.54) is 18.1 Å². The van der Waals surface area contributed by atoms with Gasteiger partial charge in [-0.25, -0.2) is 4.98 Å². The number of hydrogen-bond donors (Lipinski definition) is 1. The van der Waals surface area contributed by atoms with Gasteiger partial charge in [-0.15, -0.1) is 0 Å². The first-order valence-corrected chi connectivity index (χ1v) is 7.14. The van der Waals surface area contributed by atoms with Crippen LogP contribution in [-0.2, 0) is 4.79 Å². The molecule has 0 unspecified atom stereocenters. The number of amides is 1. The van der Waals surface area contributed by atoms with Crippen molar-refractivity contribution >= 4 is 17.7 Å². The molecule has 1 aliphatic heterocycles. The molecule has 0 radical (unpaired) electrons. The molecule has 0 aliphatic carbocycles. The van der Waals surface area contributed by atoms with Gasteiger partial charge in [0, 0.05) is 13.1 Å². The molecule has 1 saturated heterocycles. The Kier molecular flexibility index (Phi) is 3.94. The van der Waals surface area contributed by atoms with Crippen molar-refractivity contribution in [1.82, 2.24) is 20.1 Å². The van der Waals surface area contributed by atoms with Crippen molar-refractivity contribution in [2.45, 2.75) is 44.0 Å². The molecule has 1 aromatic heterocycles. The van der Waals surface area contributed by atoms with Gasteiger partial charge in [-0.1, -0.05) is 32.5 Å². The lowest BCUT2D eigenvalue weighted by atomic mass is 9.94. The first kappa shape index (κ1) is 13.4. The fourth-order valence-electron chi connectivity index (χ4n) is 2.13. The number of aromatic nitrogens is 3. The van der Waals surface area contributed by atoms with E-state index < -0.39 is 0 Å². The summed E-state index contributed by atoms with van der Waals surface area (Å²) in [5.74, 6) is 0.234. The normalized spacial score (nSPS) is 21.4. The first-order valence-electron chi connectivity index (χ1n) is 6.26. The van der Waals surface area contributed by atoms with E-state index >= 15 is 0 Å². The number of piperidine rings is 1. The number of H-pyrrole nitrogens is 1. The second-order valence-corrected chi connectivity index (χ2v) is 7.05. The molecule has 100 valence electrons. The molecule has 1 fully saturated rings. The fourth-order valence-corrected chi connectivity index (χ4v) is 3.15. The summed E-state index contributed by atoms with van der Waals surface area (Å²) in [5, 5.41) is 7.32. The number of thioether (sulfide) groups is 1. The van der Waals surface area contributed by atoms with Crippen molar-refractivity contribution in [1.29, 1.82) is 0 Å². The van der Waals surface area contributed by atoms with Crippen LogP contribution < -0.4 is 0 Å². The van der Waals surface area contributed by atoms with Gasteiger partial charge in [-0.05, 0) is 18.3 Å². The van der Waals surface area contributed by atoms with E-state index in [-0.39, 0.29) is 16.6 Å². The van der Waals surface area contributed by atoms with Gasteiger partial charge in [-0.2, -0.15) is 5.10 Å². The predicted octanol–water partition coefficient (Wildman–Crippen LogP) is 1.93. The van der Waals surface area contributed by atoms with Crippen LogP contribution in [0.15, 0.2) is 11.5 Å². The topological polar surface area (TPSA) is 61.9 Å². The highest BCUT2D eigenvalue weighted by Gasteiger charge is 2.32. The summed E-state index contributed by atoms with van der Waals surface area (Å²) in [7, 11) is 0. The molecule has 1 aliphatic rings. The summed E-state index contributed by atoms with van der Waals surface area (Å²) in [6.07, 6.45) is 3.46. The molecule has 6 heteroatoms. The van der Waals surface area contributed by atoms with E-state index in [2.05, 4.69) is 36.0 Å². The van der Waals surface area contributed by atoms with E-state index in [9.17, 15) is 4.79 Å². The Hall–Kier alpha value is -1.04. The molecule has 1 N–H and O–H groups in total. The van der Waals surface area contributed by atoms with Crippen LogP contribution in [0.2, 0.25) is 0 Å². The lowest BCUT2D eigenvalue weighted by molar-refractivity contribution is -0.133. The van der Waals surface area contributed by atoms with Gasteiger partial charge < -0.3 is 4.90 Å². The number of carbonyl (C=O) groups is 1. The van der Waals surface area contributed by atoms with Gasteiger partial charge in [0.05, 0.1) is 5.25 Å².